The molecule has 17 heavy (non-hydrogen) atoms. The molecule has 0 fully saturated rings. The number of aryl methyl sites for hydroxylation is 2. The summed E-state index contributed by atoms with van der Waals surface area (Å²) in [5, 5.41) is 0. The normalized spacial score (nSPS) is 14.7. The van der Waals surface area contributed by atoms with Crippen LogP contribution in [0, 0.1) is 25.6 Å². The minimum atomic E-state index is -0.159. The molecule has 0 bridgehead atoms. The summed E-state index contributed by atoms with van der Waals surface area (Å²) in [4.78, 5) is 0. The summed E-state index contributed by atoms with van der Waals surface area (Å²) in [5.74, 6) is 5.76. The maximum Gasteiger partial charge on any atom is 0.128 e. The van der Waals surface area contributed by atoms with Crippen molar-refractivity contribution in [1.82, 2.24) is 5.43 Å². The van der Waals surface area contributed by atoms with Gasteiger partial charge in [0.05, 0.1) is 6.04 Å². The van der Waals surface area contributed by atoms with Crippen molar-refractivity contribution in [2.24, 2.45) is 11.8 Å². The minimum Gasteiger partial charge on any atom is -0.271 e. The first-order valence-corrected chi connectivity index (χ1v) is 6.24. The highest BCUT2D eigenvalue weighted by atomic mass is 19.1. The van der Waals surface area contributed by atoms with Crippen LogP contribution in [0.1, 0.15) is 49.4 Å². The number of hydrazine groups is 1. The number of benzene rings is 1. The summed E-state index contributed by atoms with van der Waals surface area (Å²) < 4.78 is 14.1. The lowest BCUT2D eigenvalue weighted by Crippen LogP contribution is -2.33. The SMILES string of the molecule is CCCC(C)C(NN)c1c(C)cc(C)cc1F. The summed E-state index contributed by atoms with van der Waals surface area (Å²) >= 11 is 0. The van der Waals surface area contributed by atoms with Gasteiger partial charge in [-0.3, -0.25) is 11.3 Å². The van der Waals surface area contributed by atoms with Crippen LogP contribution in [0.2, 0.25) is 0 Å². The van der Waals surface area contributed by atoms with Crippen molar-refractivity contribution in [3.8, 4) is 0 Å². The smallest absolute Gasteiger partial charge is 0.128 e. The fourth-order valence-corrected chi connectivity index (χ4v) is 2.47. The zero-order valence-corrected chi connectivity index (χ0v) is 11.2. The largest absolute Gasteiger partial charge is 0.271 e. The van der Waals surface area contributed by atoms with Crippen LogP contribution >= 0.6 is 0 Å². The summed E-state index contributed by atoms with van der Waals surface area (Å²) in [5.41, 5.74) is 5.38. The van der Waals surface area contributed by atoms with Crippen LogP contribution < -0.4 is 11.3 Å². The van der Waals surface area contributed by atoms with Gasteiger partial charge >= 0.3 is 0 Å². The predicted molar refractivity (Wildman–Crippen MR) is 70.0 cm³/mol. The average molecular weight is 238 g/mol. The molecule has 3 heteroatoms. The van der Waals surface area contributed by atoms with Crippen LogP contribution in [0.15, 0.2) is 12.1 Å². The molecule has 2 nitrogen and oxygen atoms in total. The Bertz CT molecular complexity index is 353. The van der Waals surface area contributed by atoms with E-state index in [0.717, 1.165) is 24.0 Å². The molecule has 3 N–H and O–H groups in total. The molecule has 2 unspecified atom stereocenters. The summed E-state index contributed by atoms with van der Waals surface area (Å²) in [6.45, 7) is 8.07. The Labute approximate surface area is 103 Å². The van der Waals surface area contributed by atoms with Crippen molar-refractivity contribution in [3.05, 3.63) is 34.6 Å². The molecular formula is C14H23FN2. The number of rotatable bonds is 5. The van der Waals surface area contributed by atoms with Gasteiger partial charge in [0, 0.05) is 5.56 Å². The lowest BCUT2D eigenvalue weighted by Gasteiger charge is -2.25. The van der Waals surface area contributed by atoms with Gasteiger partial charge in [-0.15, -0.1) is 0 Å². The summed E-state index contributed by atoms with van der Waals surface area (Å²) in [7, 11) is 0. The fraction of sp³-hybridized carbons (Fsp3) is 0.571. The number of nitrogens with one attached hydrogen (secondary N) is 1. The molecule has 2 atom stereocenters. The van der Waals surface area contributed by atoms with Crippen molar-refractivity contribution in [3.63, 3.8) is 0 Å². The van der Waals surface area contributed by atoms with E-state index in [-0.39, 0.29) is 11.9 Å². The van der Waals surface area contributed by atoms with Crippen molar-refractivity contribution < 1.29 is 4.39 Å². The quantitative estimate of drug-likeness (QED) is 0.609. The van der Waals surface area contributed by atoms with E-state index in [0.29, 0.717) is 11.5 Å². The van der Waals surface area contributed by atoms with Gasteiger partial charge in [0.2, 0.25) is 0 Å². The molecule has 1 rings (SSSR count). The van der Waals surface area contributed by atoms with Gasteiger partial charge in [-0.1, -0.05) is 26.3 Å². The Kier molecular flexibility index (Phi) is 5.09. The third-order valence-electron chi connectivity index (χ3n) is 3.28. The average Bonchev–Trinajstić information content (AvgIpc) is 2.23. The molecular weight excluding hydrogens is 215 g/mol. The van der Waals surface area contributed by atoms with Crippen LogP contribution in [0.3, 0.4) is 0 Å². The van der Waals surface area contributed by atoms with E-state index < -0.39 is 0 Å². The summed E-state index contributed by atoms with van der Waals surface area (Å²) in [6, 6.07) is 3.46. The molecule has 1 aromatic carbocycles. The molecule has 0 radical (unpaired) electrons. The van der Waals surface area contributed by atoms with Gasteiger partial charge < -0.3 is 0 Å². The number of hydrogen-bond donors (Lipinski definition) is 2. The van der Waals surface area contributed by atoms with E-state index >= 15 is 0 Å². The van der Waals surface area contributed by atoms with Gasteiger partial charge in [0.1, 0.15) is 5.82 Å². The Morgan fingerprint density at radius 1 is 1.35 bits per heavy atom. The highest BCUT2D eigenvalue weighted by Crippen LogP contribution is 2.30. The highest BCUT2D eigenvalue weighted by molar-refractivity contribution is 5.34. The van der Waals surface area contributed by atoms with E-state index in [1.165, 1.54) is 0 Å². The van der Waals surface area contributed by atoms with Crippen LogP contribution in [0.4, 0.5) is 4.39 Å². The maximum atomic E-state index is 14.1. The molecule has 1 aromatic rings. The van der Waals surface area contributed by atoms with Crippen molar-refractivity contribution in [2.45, 2.75) is 46.6 Å². The van der Waals surface area contributed by atoms with E-state index in [2.05, 4.69) is 19.3 Å². The number of hydrogen-bond acceptors (Lipinski definition) is 2. The van der Waals surface area contributed by atoms with Gasteiger partial charge in [-0.25, -0.2) is 4.39 Å². The number of nitrogens with two attached hydrogens (primary N) is 1. The van der Waals surface area contributed by atoms with E-state index in [4.69, 9.17) is 5.84 Å². The molecule has 0 aliphatic rings. The lowest BCUT2D eigenvalue weighted by atomic mass is 9.88. The second-order valence-electron chi connectivity index (χ2n) is 4.89. The topological polar surface area (TPSA) is 38.0 Å². The molecule has 0 spiro atoms. The standard InChI is InChI=1S/C14H23FN2/c1-5-6-10(3)14(17-16)13-11(4)7-9(2)8-12(13)15/h7-8,10,14,17H,5-6,16H2,1-4H3. The molecule has 0 aromatic heterocycles. The van der Waals surface area contributed by atoms with E-state index in [9.17, 15) is 4.39 Å². The van der Waals surface area contributed by atoms with Gasteiger partial charge in [0.15, 0.2) is 0 Å². The zero-order valence-electron chi connectivity index (χ0n) is 11.2. The third kappa shape index (κ3) is 3.27. The zero-order chi connectivity index (χ0) is 13.0. The first-order chi connectivity index (χ1) is 8.01. The minimum absolute atomic E-state index is 0.115. The maximum absolute atomic E-state index is 14.1. The molecule has 0 amide bonds. The Morgan fingerprint density at radius 2 is 2.00 bits per heavy atom. The first-order valence-electron chi connectivity index (χ1n) is 6.24. The van der Waals surface area contributed by atoms with Crippen LogP contribution in [-0.2, 0) is 0 Å². The fourth-order valence-electron chi connectivity index (χ4n) is 2.47. The predicted octanol–water partition coefficient (Wildman–Crippen LogP) is 3.38. The summed E-state index contributed by atoms with van der Waals surface area (Å²) in [6.07, 6.45) is 2.10. The molecule has 0 aliphatic carbocycles. The van der Waals surface area contributed by atoms with Gasteiger partial charge in [-0.2, -0.15) is 0 Å². The van der Waals surface area contributed by atoms with Crippen molar-refractivity contribution >= 4 is 0 Å². The first kappa shape index (κ1) is 14.1. The molecule has 0 saturated heterocycles. The second-order valence-corrected chi connectivity index (χ2v) is 4.89. The van der Waals surface area contributed by atoms with Crippen LogP contribution in [0.5, 0.6) is 0 Å². The monoisotopic (exact) mass is 238 g/mol. The Morgan fingerprint density at radius 3 is 2.47 bits per heavy atom. The van der Waals surface area contributed by atoms with Crippen LogP contribution in [0.25, 0.3) is 0 Å². The second kappa shape index (κ2) is 6.12. The molecule has 0 heterocycles. The van der Waals surface area contributed by atoms with Crippen molar-refractivity contribution in [2.75, 3.05) is 0 Å². The molecule has 0 aliphatic heterocycles. The molecule has 96 valence electrons. The van der Waals surface area contributed by atoms with E-state index in [1.54, 1.807) is 6.07 Å². The van der Waals surface area contributed by atoms with Gasteiger partial charge in [-0.05, 0) is 43.4 Å². The lowest BCUT2D eigenvalue weighted by molar-refractivity contribution is 0.356. The number of halogens is 1. The van der Waals surface area contributed by atoms with Gasteiger partial charge in [0.25, 0.3) is 0 Å². The van der Waals surface area contributed by atoms with Crippen LogP contribution in [-0.4, -0.2) is 0 Å². The highest BCUT2D eigenvalue weighted by Gasteiger charge is 2.22. The molecule has 0 saturated carbocycles. The Balaban J connectivity index is 3.11. The van der Waals surface area contributed by atoms with Crippen molar-refractivity contribution in [1.29, 1.82) is 0 Å². The Hall–Kier alpha value is -0.930. The third-order valence-corrected chi connectivity index (χ3v) is 3.28. The van der Waals surface area contributed by atoms with E-state index in [1.807, 2.05) is 19.9 Å².